The Morgan fingerprint density at radius 3 is 2.86 bits per heavy atom. The molecule has 2 heteroatoms. The summed E-state index contributed by atoms with van der Waals surface area (Å²) in [7, 11) is 0. The fourth-order valence-corrected chi connectivity index (χ4v) is 3.09. The molecule has 2 rings (SSSR count). The van der Waals surface area contributed by atoms with Gasteiger partial charge in [0.1, 0.15) is 0 Å². The topological polar surface area (TPSA) is 29.1 Å². The number of amides is 1. The number of carbonyl (C=O) groups excluding carboxylic acids is 1. The van der Waals surface area contributed by atoms with Gasteiger partial charge in [-0.1, -0.05) is 32.6 Å². The van der Waals surface area contributed by atoms with Gasteiger partial charge in [-0.05, 0) is 24.2 Å². The Labute approximate surface area is 86.5 Å². The van der Waals surface area contributed by atoms with E-state index in [2.05, 4.69) is 12.2 Å². The molecule has 1 saturated heterocycles. The molecular weight excluding hydrogens is 174 g/mol. The van der Waals surface area contributed by atoms with Crippen molar-refractivity contribution < 1.29 is 4.79 Å². The van der Waals surface area contributed by atoms with E-state index in [0.717, 1.165) is 24.8 Å². The Hall–Kier alpha value is -0.530. The summed E-state index contributed by atoms with van der Waals surface area (Å²) in [6.07, 6.45) is 7.65. The van der Waals surface area contributed by atoms with Crippen LogP contribution in [0.4, 0.5) is 0 Å². The van der Waals surface area contributed by atoms with Crippen LogP contribution in [0.5, 0.6) is 0 Å². The second-order valence-corrected chi connectivity index (χ2v) is 4.97. The summed E-state index contributed by atoms with van der Waals surface area (Å²) in [5.74, 6) is 2.68. The molecule has 14 heavy (non-hydrogen) atoms. The largest absolute Gasteiger partial charge is 0.356 e. The molecule has 1 heterocycles. The van der Waals surface area contributed by atoms with E-state index in [1.165, 1.54) is 32.1 Å². The molecule has 1 amide bonds. The summed E-state index contributed by atoms with van der Waals surface area (Å²) in [6.45, 7) is 3.24. The Bertz CT molecular complexity index is 214. The molecule has 0 spiro atoms. The van der Waals surface area contributed by atoms with Crippen molar-refractivity contribution in [3.05, 3.63) is 0 Å². The lowest BCUT2D eigenvalue weighted by Crippen LogP contribution is -2.24. The molecule has 3 unspecified atom stereocenters. The Morgan fingerprint density at radius 1 is 1.36 bits per heavy atom. The molecule has 1 aliphatic carbocycles. The summed E-state index contributed by atoms with van der Waals surface area (Å²) in [5, 5.41) is 2.96. The van der Waals surface area contributed by atoms with E-state index >= 15 is 0 Å². The van der Waals surface area contributed by atoms with Crippen LogP contribution in [0.15, 0.2) is 0 Å². The summed E-state index contributed by atoms with van der Waals surface area (Å²) < 4.78 is 0. The molecule has 0 aromatic carbocycles. The fourth-order valence-electron chi connectivity index (χ4n) is 3.09. The molecule has 0 aromatic heterocycles. The predicted molar refractivity (Wildman–Crippen MR) is 56.9 cm³/mol. The zero-order valence-electron chi connectivity index (χ0n) is 9.09. The van der Waals surface area contributed by atoms with Gasteiger partial charge in [0.2, 0.25) is 5.91 Å². The van der Waals surface area contributed by atoms with Crippen molar-refractivity contribution in [1.29, 1.82) is 0 Å². The van der Waals surface area contributed by atoms with Gasteiger partial charge in [-0.2, -0.15) is 0 Å². The standard InChI is InChI=1S/C12H21NO/c1-2-9-4-3-5-10(6-9)11-7-12(14)13-8-11/h9-11H,2-8H2,1H3,(H,13,14). The third-order valence-electron chi connectivity index (χ3n) is 4.08. The van der Waals surface area contributed by atoms with Crippen molar-refractivity contribution >= 4 is 5.91 Å². The third-order valence-corrected chi connectivity index (χ3v) is 4.08. The van der Waals surface area contributed by atoms with Crippen LogP contribution in [0.1, 0.15) is 45.4 Å². The quantitative estimate of drug-likeness (QED) is 0.720. The molecule has 2 nitrogen and oxygen atoms in total. The Morgan fingerprint density at radius 2 is 2.21 bits per heavy atom. The molecule has 0 aromatic rings. The lowest BCUT2D eigenvalue weighted by molar-refractivity contribution is -0.119. The molecule has 3 atom stereocenters. The number of nitrogens with one attached hydrogen (secondary N) is 1. The van der Waals surface area contributed by atoms with Crippen molar-refractivity contribution in [3.63, 3.8) is 0 Å². The lowest BCUT2D eigenvalue weighted by Gasteiger charge is -2.31. The maximum absolute atomic E-state index is 11.1. The highest BCUT2D eigenvalue weighted by Crippen LogP contribution is 2.37. The van der Waals surface area contributed by atoms with Crippen molar-refractivity contribution in [2.75, 3.05) is 6.54 Å². The first-order valence-electron chi connectivity index (χ1n) is 6.06. The third kappa shape index (κ3) is 2.10. The van der Waals surface area contributed by atoms with Crippen LogP contribution >= 0.6 is 0 Å². The first-order chi connectivity index (χ1) is 6.79. The van der Waals surface area contributed by atoms with E-state index < -0.39 is 0 Å². The highest BCUT2D eigenvalue weighted by Gasteiger charge is 2.32. The number of carbonyl (C=O) groups is 1. The van der Waals surface area contributed by atoms with E-state index in [0.29, 0.717) is 5.92 Å². The number of hydrogen-bond acceptors (Lipinski definition) is 1. The van der Waals surface area contributed by atoms with Crippen LogP contribution < -0.4 is 5.32 Å². The van der Waals surface area contributed by atoms with Crippen LogP contribution in [-0.2, 0) is 4.79 Å². The van der Waals surface area contributed by atoms with Crippen molar-refractivity contribution in [1.82, 2.24) is 5.32 Å². The summed E-state index contributed by atoms with van der Waals surface area (Å²) in [4.78, 5) is 11.1. The molecule has 1 N–H and O–H groups in total. The average Bonchev–Trinajstić information content (AvgIpc) is 2.65. The van der Waals surface area contributed by atoms with Crippen molar-refractivity contribution in [3.8, 4) is 0 Å². The molecular formula is C12H21NO. The normalized spacial score (nSPS) is 38.4. The summed E-state index contributed by atoms with van der Waals surface area (Å²) >= 11 is 0. The van der Waals surface area contributed by atoms with Crippen LogP contribution in [0.25, 0.3) is 0 Å². The molecule has 0 radical (unpaired) electrons. The van der Waals surface area contributed by atoms with Crippen molar-refractivity contribution in [2.45, 2.75) is 45.4 Å². The van der Waals surface area contributed by atoms with Gasteiger partial charge in [0, 0.05) is 13.0 Å². The highest BCUT2D eigenvalue weighted by atomic mass is 16.1. The highest BCUT2D eigenvalue weighted by molar-refractivity contribution is 5.78. The second kappa shape index (κ2) is 4.33. The van der Waals surface area contributed by atoms with E-state index in [9.17, 15) is 4.79 Å². The minimum Gasteiger partial charge on any atom is -0.356 e. The molecule has 1 aliphatic heterocycles. The first-order valence-corrected chi connectivity index (χ1v) is 6.06. The minimum atomic E-state index is 0.272. The van der Waals surface area contributed by atoms with Crippen LogP contribution in [0, 0.1) is 17.8 Å². The monoisotopic (exact) mass is 195 g/mol. The van der Waals surface area contributed by atoms with Gasteiger partial charge in [-0.3, -0.25) is 4.79 Å². The van der Waals surface area contributed by atoms with Crippen LogP contribution in [0.2, 0.25) is 0 Å². The van der Waals surface area contributed by atoms with Gasteiger partial charge in [0.05, 0.1) is 0 Å². The average molecular weight is 195 g/mol. The fraction of sp³-hybridized carbons (Fsp3) is 0.917. The van der Waals surface area contributed by atoms with Crippen LogP contribution in [0.3, 0.4) is 0 Å². The van der Waals surface area contributed by atoms with Gasteiger partial charge < -0.3 is 5.32 Å². The SMILES string of the molecule is CCC1CCCC(C2CNC(=O)C2)C1. The maximum atomic E-state index is 11.1. The Kier molecular flexibility index (Phi) is 3.09. The van der Waals surface area contributed by atoms with Gasteiger partial charge in [-0.15, -0.1) is 0 Å². The van der Waals surface area contributed by atoms with E-state index in [1.807, 2.05) is 0 Å². The Balaban J connectivity index is 1.87. The van der Waals surface area contributed by atoms with Gasteiger partial charge in [0.25, 0.3) is 0 Å². The number of hydrogen-bond donors (Lipinski definition) is 1. The van der Waals surface area contributed by atoms with Gasteiger partial charge in [0.15, 0.2) is 0 Å². The lowest BCUT2D eigenvalue weighted by atomic mass is 9.74. The molecule has 0 bridgehead atoms. The predicted octanol–water partition coefficient (Wildman–Crippen LogP) is 2.34. The second-order valence-electron chi connectivity index (χ2n) is 4.97. The minimum absolute atomic E-state index is 0.272. The van der Waals surface area contributed by atoms with Crippen molar-refractivity contribution in [2.24, 2.45) is 17.8 Å². The maximum Gasteiger partial charge on any atom is 0.220 e. The molecule has 1 saturated carbocycles. The molecule has 2 fully saturated rings. The van der Waals surface area contributed by atoms with E-state index in [1.54, 1.807) is 0 Å². The molecule has 80 valence electrons. The van der Waals surface area contributed by atoms with E-state index in [4.69, 9.17) is 0 Å². The first kappa shape index (κ1) is 10.0. The molecule has 2 aliphatic rings. The zero-order chi connectivity index (χ0) is 9.97. The zero-order valence-corrected chi connectivity index (χ0v) is 9.09. The van der Waals surface area contributed by atoms with Gasteiger partial charge >= 0.3 is 0 Å². The number of rotatable bonds is 2. The summed E-state index contributed by atoms with van der Waals surface area (Å²) in [6, 6.07) is 0. The van der Waals surface area contributed by atoms with E-state index in [-0.39, 0.29) is 5.91 Å². The smallest absolute Gasteiger partial charge is 0.220 e. The summed E-state index contributed by atoms with van der Waals surface area (Å²) in [5.41, 5.74) is 0. The van der Waals surface area contributed by atoms with Gasteiger partial charge in [-0.25, -0.2) is 0 Å². The van der Waals surface area contributed by atoms with Crippen LogP contribution in [-0.4, -0.2) is 12.5 Å².